The molecule has 1 aliphatic rings. The van der Waals surface area contributed by atoms with Crippen molar-refractivity contribution in [2.24, 2.45) is 5.73 Å². The Morgan fingerprint density at radius 1 is 1.47 bits per heavy atom. The molecule has 19 heavy (non-hydrogen) atoms. The van der Waals surface area contributed by atoms with Gasteiger partial charge in [-0.15, -0.1) is 0 Å². The normalized spacial score (nSPS) is 25.4. The van der Waals surface area contributed by atoms with Crippen molar-refractivity contribution in [3.63, 3.8) is 0 Å². The Balaban J connectivity index is 2.32. The predicted octanol–water partition coefficient (Wildman–Crippen LogP) is 2.84. The lowest BCUT2D eigenvalue weighted by Gasteiger charge is -2.39. The minimum absolute atomic E-state index is 0.147. The Hall–Kier alpha value is -0.770. The molecule has 1 aliphatic heterocycles. The summed E-state index contributed by atoms with van der Waals surface area (Å²) in [4.78, 5) is 2.39. The summed E-state index contributed by atoms with van der Waals surface area (Å²) in [5.41, 5.74) is 8.41. The summed E-state index contributed by atoms with van der Waals surface area (Å²) in [7, 11) is 0. The molecule has 1 aromatic carbocycles. The van der Waals surface area contributed by atoms with Crippen molar-refractivity contribution in [3.05, 3.63) is 28.8 Å². The molecule has 4 heteroatoms. The Morgan fingerprint density at radius 3 is 2.89 bits per heavy atom. The first-order chi connectivity index (χ1) is 8.97. The Bertz CT molecular complexity index is 436. The van der Waals surface area contributed by atoms with E-state index in [9.17, 15) is 0 Å². The van der Waals surface area contributed by atoms with E-state index in [0.717, 1.165) is 24.6 Å². The van der Waals surface area contributed by atoms with Crippen molar-refractivity contribution >= 4 is 17.3 Å². The van der Waals surface area contributed by atoms with Crippen LogP contribution in [0.25, 0.3) is 0 Å². The zero-order valence-corrected chi connectivity index (χ0v) is 12.7. The molecule has 2 rings (SSSR count). The van der Waals surface area contributed by atoms with Crippen LogP contribution in [-0.2, 0) is 11.2 Å². The van der Waals surface area contributed by atoms with Gasteiger partial charge in [0.1, 0.15) is 0 Å². The lowest BCUT2D eigenvalue weighted by Crippen LogP contribution is -2.47. The van der Waals surface area contributed by atoms with Crippen molar-refractivity contribution in [1.29, 1.82) is 0 Å². The first-order valence-electron chi connectivity index (χ1n) is 6.89. The number of ether oxygens (including phenoxy) is 1. The fourth-order valence-electron chi connectivity index (χ4n) is 2.56. The highest BCUT2D eigenvalue weighted by Gasteiger charge is 2.25. The lowest BCUT2D eigenvalue weighted by atomic mass is 10.0. The number of morpholine rings is 1. The average molecular weight is 283 g/mol. The quantitative estimate of drug-likeness (QED) is 0.926. The van der Waals surface area contributed by atoms with Crippen LogP contribution in [0.2, 0.25) is 5.02 Å². The van der Waals surface area contributed by atoms with Crippen molar-refractivity contribution in [2.45, 2.75) is 45.4 Å². The maximum atomic E-state index is 6.17. The van der Waals surface area contributed by atoms with Gasteiger partial charge in [0.25, 0.3) is 0 Å². The Labute approximate surface area is 120 Å². The summed E-state index contributed by atoms with van der Waals surface area (Å²) in [6, 6.07) is 6.59. The van der Waals surface area contributed by atoms with Gasteiger partial charge < -0.3 is 15.4 Å². The molecular formula is C15H23ClN2O. The third kappa shape index (κ3) is 3.62. The average Bonchev–Trinajstić information content (AvgIpc) is 2.34. The number of hydrogen-bond donors (Lipinski definition) is 1. The van der Waals surface area contributed by atoms with E-state index in [1.165, 1.54) is 11.3 Å². The smallest absolute Gasteiger partial charge is 0.0723 e. The molecule has 0 aliphatic carbocycles. The molecule has 0 spiro atoms. The molecule has 2 N–H and O–H groups in total. The van der Waals surface area contributed by atoms with Crippen LogP contribution in [0.5, 0.6) is 0 Å². The molecular weight excluding hydrogens is 260 g/mol. The fourth-order valence-corrected chi connectivity index (χ4v) is 2.73. The standard InChI is InChI=1S/C15H23ClN2O/c1-10(17)6-13-4-5-14(16)7-15(13)18-8-12(3)19-9-11(18)2/h4-5,7,10-12H,6,8-9,17H2,1-3H3. The van der Waals surface area contributed by atoms with Gasteiger partial charge in [-0.25, -0.2) is 0 Å². The maximum absolute atomic E-state index is 6.17. The summed E-state index contributed by atoms with van der Waals surface area (Å²) in [5, 5.41) is 0.773. The third-order valence-electron chi connectivity index (χ3n) is 3.51. The summed E-state index contributed by atoms with van der Waals surface area (Å²) < 4.78 is 5.69. The Morgan fingerprint density at radius 2 is 2.21 bits per heavy atom. The number of halogens is 1. The van der Waals surface area contributed by atoms with E-state index in [4.69, 9.17) is 22.1 Å². The molecule has 1 saturated heterocycles. The summed E-state index contributed by atoms with van der Waals surface area (Å²) in [6.45, 7) is 7.97. The van der Waals surface area contributed by atoms with Crippen LogP contribution in [0, 0.1) is 0 Å². The van der Waals surface area contributed by atoms with E-state index < -0.39 is 0 Å². The molecule has 1 fully saturated rings. The van der Waals surface area contributed by atoms with E-state index in [1.807, 2.05) is 19.1 Å². The van der Waals surface area contributed by atoms with E-state index in [1.54, 1.807) is 0 Å². The van der Waals surface area contributed by atoms with Gasteiger partial charge in [0.05, 0.1) is 12.7 Å². The SMILES string of the molecule is CC(N)Cc1ccc(Cl)cc1N1CC(C)OCC1C. The number of hydrogen-bond acceptors (Lipinski definition) is 3. The van der Waals surface area contributed by atoms with Crippen molar-refractivity contribution in [3.8, 4) is 0 Å². The molecule has 106 valence electrons. The Kier molecular flexibility index (Phi) is 4.71. The van der Waals surface area contributed by atoms with E-state index in [-0.39, 0.29) is 12.1 Å². The highest BCUT2D eigenvalue weighted by Crippen LogP contribution is 2.29. The number of benzene rings is 1. The van der Waals surface area contributed by atoms with Crippen LogP contribution in [0.1, 0.15) is 26.3 Å². The van der Waals surface area contributed by atoms with Crippen LogP contribution in [0.4, 0.5) is 5.69 Å². The van der Waals surface area contributed by atoms with E-state index in [2.05, 4.69) is 24.8 Å². The fraction of sp³-hybridized carbons (Fsp3) is 0.600. The molecule has 0 aromatic heterocycles. The first kappa shape index (κ1) is 14.6. The first-order valence-corrected chi connectivity index (χ1v) is 7.27. The second-order valence-electron chi connectivity index (χ2n) is 5.60. The molecule has 3 unspecified atom stereocenters. The van der Waals surface area contributed by atoms with Gasteiger partial charge in [0.2, 0.25) is 0 Å². The summed E-state index contributed by atoms with van der Waals surface area (Å²) >= 11 is 6.17. The minimum atomic E-state index is 0.147. The zero-order chi connectivity index (χ0) is 14.0. The van der Waals surface area contributed by atoms with Gasteiger partial charge >= 0.3 is 0 Å². The van der Waals surface area contributed by atoms with Gasteiger partial charge in [0, 0.05) is 29.3 Å². The van der Waals surface area contributed by atoms with E-state index >= 15 is 0 Å². The van der Waals surface area contributed by atoms with Gasteiger partial charge in [-0.1, -0.05) is 17.7 Å². The van der Waals surface area contributed by atoms with Crippen LogP contribution in [0.3, 0.4) is 0 Å². The predicted molar refractivity (Wildman–Crippen MR) is 81.0 cm³/mol. The maximum Gasteiger partial charge on any atom is 0.0723 e. The summed E-state index contributed by atoms with van der Waals surface area (Å²) in [5.74, 6) is 0. The van der Waals surface area contributed by atoms with Gasteiger partial charge in [0.15, 0.2) is 0 Å². The number of anilines is 1. The van der Waals surface area contributed by atoms with Crippen LogP contribution < -0.4 is 10.6 Å². The zero-order valence-electron chi connectivity index (χ0n) is 11.9. The topological polar surface area (TPSA) is 38.5 Å². The number of nitrogens with zero attached hydrogens (tertiary/aromatic N) is 1. The van der Waals surface area contributed by atoms with Crippen molar-refractivity contribution in [1.82, 2.24) is 0 Å². The van der Waals surface area contributed by atoms with Gasteiger partial charge in [-0.05, 0) is 44.9 Å². The highest BCUT2D eigenvalue weighted by atomic mass is 35.5. The molecule has 3 nitrogen and oxygen atoms in total. The van der Waals surface area contributed by atoms with Gasteiger partial charge in [-0.2, -0.15) is 0 Å². The van der Waals surface area contributed by atoms with Crippen LogP contribution in [-0.4, -0.2) is 31.3 Å². The molecule has 0 saturated carbocycles. The largest absolute Gasteiger partial charge is 0.375 e. The molecule has 1 heterocycles. The van der Waals surface area contributed by atoms with E-state index in [0.29, 0.717) is 6.04 Å². The van der Waals surface area contributed by atoms with Crippen molar-refractivity contribution in [2.75, 3.05) is 18.1 Å². The number of nitrogens with two attached hydrogens (primary N) is 1. The van der Waals surface area contributed by atoms with Gasteiger partial charge in [-0.3, -0.25) is 0 Å². The van der Waals surface area contributed by atoms with Crippen molar-refractivity contribution < 1.29 is 4.74 Å². The molecule has 0 amide bonds. The van der Waals surface area contributed by atoms with Crippen LogP contribution >= 0.6 is 11.6 Å². The third-order valence-corrected chi connectivity index (χ3v) is 3.74. The molecule has 1 aromatic rings. The molecule has 3 atom stereocenters. The highest BCUT2D eigenvalue weighted by molar-refractivity contribution is 6.30. The molecule has 0 radical (unpaired) electrons. The second kappa shape index (κ2) is 6.12. The van der Waals surface area contributed by atoms with Crippen LogP contribution in [0.15, 0.2) is 18.2 Å². The monoisotopic (exact) mass is 282 g/mol. The molecule has 0 bridgehead atoms. The second-order valence-corrected chi connectivity index (χ2v) is 6.04. The lowest BCUT2D eigenvalue weighted by molar-refractivity contribution is 0.0343. The minimum Gasteiger partial charge on any atom is -0.375 e. The summed E-state index contributed by atoms with van der Waals surface area (Å²) in [6.07, 6.45) is 1.11. The number of rotatable bonds is 3.